The minimum Gasteiger partial charge on any atom is -0.487 e. The summed E-state index contributed by atoms with van der Waals surface area (Å²) < 4.78 is 11.2. The van der Waals surface area contributed by atoms with Gasteiger partial charge >= 0.3 is 0 Å². The first kappa shape index (κ1) is 23.6. The minimum absolute atomic E-state index is 0.0103. The van der Waals surface area contributed by atoms with Gasteiger partial charge in [-0.1, -0.05) is 54.3 Å². The number of aromatic nitrogens is 1. The van der Waals surface area contributed by atoms with Crippen molar-refractivity contribution in [1.29, 1.82) is 0 Å². The third kappa shape index (κ3) is 5.12. The third-order valence-electron chi connectivity index (χ3n) is 7.74. The lowest BCUT2D eigenvalue weighted by Gasteiger charge is -2.52. The molecule has 1 saturated carbocycles. The molecule has 1 aromatic heterocycles. The molecule has 0 unspecified atom stereocenters. The molecule has 5 rings (SSSR count). The summed E-state index contributed by atoms with van der Waals surface area (Å²) in [6.07, 6.45) is 7.07. The molecular weight excluding hydrogens is 434 g/mol. The average Bonchev–Trinajstić information content (AvgIpc) is 2.89. The van der Waals surface area contributed by atoms with Crippen molar-refractivity contribution in [2.75, 3.05) is 13.7 Å². The fourth-order valence-corrected chi connectivity index (χ4v) is 6.07. The van der Waals surface area contributed by atoms with E-state index in [1.807, 2.05) is 18.2 Å². The topological polar surface area (TPSA) is 51.6 Å². The standard InChI is InChI=1S/C31H33NO3/c1-34-19-7-15-30(33)16-17-31(21-24-8-3-2-4-9-24)26(22-30)12-11-25-20-28(13-14-29(25)31)35-23-27-10-5-6-18-32-27/h2-6,8-10,13-14,18,20,26,33H,11-12,16-17,19,21-23H2,1H3/t26-,30-,31+/m1/s1. The van der Waals surface area contributed by atoms with Gasteiger partial charge in [0, 0.05) is 18.7 Å². The van der Waals surface area contributed by atoms with Crippen LogP contribution in [0.15, 0.2) is 72.9 Å². The second kappa shape index (κ2) is 10.2. The second-order valence-electron chi connectivity index (χ2n) is 9.95. The van der Waals surface area contributed by atoms with E-state index in [9.17, 15) is 5.11 Å². The van der Waals surface area contributed by atoms with E-state index in [-0.39, 0.29) is 5.41 Å². The highest BCUT2D eigenvalue weighted by Crippen LogP contribution is 2.54. The average molecular weight is 468 g/mol. The monoisotopic (exact) mass is 467 g/mol. The molecule has 1 N–H and O–H groups in total. The van der Waals surface area contributed by atoms with Crippen molar-refractivity contribution in [3.8, 4) is 17.6 Å². The fourth-order valence-electron chi connectivity index (χ4n) is 6.07. The number of pyridine rings is 1. The lowest BCUT2D eigenvalue weighted by Crippen LogP contribution is -2.50. The first-order chi connectivity index (χ1) is 17.1. The molecule has 3 atom stereocenters. The van der Waals surface area contributed by atoms with Crippen molar-refractivity contribution in [1.82, 2.24) is 4.98 Å². The maximum Gasteiger partial charge on any atom is 0.130 e. The summed E-state index contributed by atoms with van der Waals surface area (Å²) in [7, 11) is 1.64. The Balaban J connectivity index is 1.44. The van der Waals surface area contributed by atoms with E-state index in [2.05, 4.69) is 65.4 Å². The second-order valence-corrected chi connectivity index (χ2v) is 9.95. The minimum atomic E-state index is -0.938. The van der Waals surface area contributed by atoms with Crippen molar-refractivity contribution in [2.45, 2.75) is 56.1 Å². The molecule has 0 radical (unpaired) electrons. The smallest absolute Gasteiger partial charge is 0.130 e. The largest absolute Gasteiger partial charge is 0.487 e. The number of methoxy groups -OCH3 is 1. The number of benzene rings is 2. The Hall–Kier alpha value is -3.13. The van der Waals surface area contributed by atoms with Gasteiger partial charge < -0.3 is 14.6 Å². The van der Waals surface area contributed by atoms with Crippen LogP contribution in [0.3, 0.4) is 0 Å². The molecule has 0 spiro atoms. The lowest BCUT2D eigenvalue weighted by atomic mass is 9.52. The quantitative estimate of drug-likeness (QED) is 0.502. The Morgan fingerprint density at radius 1 is 1.06 bits per heavy atom. The number of rotatable bonds is 6. The summed E-state index contributed by atoms with van der Waals surface area (Å²) in [6.45, 7) is 0.816. The van der Waals surface area contributed by atoms with E-state index in [1.54, 1.807) is 13.3 Å². The zero-order chi connectivity index (χ0) is 24.1. The number of nitrogens with zero attached hydrogens (tertiary/aromatic N) is 1. The molecule has 4 heteroatoms. The molecule has 2 aromatic carbocycles. The molecule has 2 aliphatic carbocycles. The predicted octanol–water partition coefficient (Wildman–Crippen LogP) is 5.27. The Morgan fingerprint density at radius 2 is 1.91 bits per heavy atom. The molecule has 3 aromatic rings. The Morgan fingerprint density at radius 3 is 2.71 bits per heavy atom. The molecule has 0 bridgehead atoms. The maximum atomic E-state index is 11.3. The number of fused-ring (bicyclic) bond motifs is 3. The molecule has 35 heavy (non-hydrogen) atoms. The van der Waals surface area contributed by atoms with E-state index in [4.69, 9.17) is 9.47 Å². The van der Waals surface area contributed by atoms with Gasteiger partial charge in [-0.2, -0.15) is 0 Å². The number of aryl methyl sites for hydroxylation is 1. The highest BCUT2D eigenvalue weighted by molar-refractivity contribution is 5.45. The number of hydrogen-bond acceptors (Lipinski definition) is 4. The summed E-state index contributed by atoms with van der Waals surface area (Å²) in [5.74, 6) is 7.40. The van der Waals surface area contributed by atoms with E-state index in [0.29, 0.717) is 32.0 Å². The van der Waals surface area contributed by atoms with Crippen LogP contribution in [0.1, 0.15) is 48.1 Å². The summed E-state index contributed by atoms with van der Waals surface area (Å²) in [5, 5.41) is 11.3. The number of hydrogen-bond donors (Lipinski definition) is 1. The van der Waals surface area contributed by atoms with Crippen LogP contribution >= 0.6 is 0 Å². The first-order valence-corrected chi connectivity index (χ1v) is 12.5. The predicted molar refractivity (Wildman–Crippen MR) is 137 cm³/mol. The van der Waals surface area contributed by atoms with E-state index in [1.165, 1.54) is 16.7 Å². The lowest BCUT2D eigenvalue weighted by molar-refractivity contribution is -0.00819. The van der Waals surface area contributed by atoms with Gasteiger partial charge in [0.1, 0.15) is 24.6 Å². The van der Waals surface area contributed by atoms with Crippen LogP contribution in [0.4, 0.5) is 0 Å². The Bertz CT molecular complexity index is 1200. The Kier molecular flexibility index (Phi) is 6.90. The van der Waals surface area contributed by atoms with Gasteiger partial charge in [-0.3, -0.25) is 4.98 Å². The molecule has 0 aliphatic heterocycles. The highest BCUT2D eigenvalue weighted by atomic mass is 16.5. The summed E-state index contributed by atoms with van der Waals surface area (Å²) in [4.78, 5) is 4.37. The van der Waals surface area contributed by atoms with Gasteiger partial charge in [-0.05, 0) is 85.4 Å². The third-order valence-corrected chi connectivity index (χ3v) is 7.74. The zero-order valence-corrected chi connectivity index (χ0v) is 20.4. The molecule has 0 saturated heterocycles. The van der Waals surface area contributed by atoms with Crippen LogP contribution in [0.2, 0.25) is 0 Å². The maximum absolute atomic E-state index is 11.3. The van der Waals surface area contributed by atoms with E-state index in [0.717, 1.165) is 37.1 Å². The molecule has 1 heterocycles. The normalized spacial score (nSPS) is 25.0. The van der Waals surface area contributed by atoms with Gasteiger partial charge in [0.2, 0.25) is 0 Å². The van der Waals surface area contributed by atoms with Crippen LogP contribution in [-0.2, 0) is 29.6 Å². The van der Waals surface area contributed by atoms with E-state index < -0.39 is 5.60 Å². The SMILES string of the molecule is COCC#C[C@@]1(O)CC[C@@]2(Cc3ccccc3)c3ccc(OCc4ccccn4)cc3CC[C@@H]2C1. The zero-order valence-electron chi connectivity index (χ0n) is 20.4. The van der Waals surface area contributed by atoms with Crippen LogP contribution in [0.5, 0.6) is 5.75 Å². The molecule has 180 valence electrons. The van der Waals surface area contributed by atoms with Crippen molar-refractivity contribution >= 4 is 0 Å². The molecule has 4 nitrogen and oxygen atoms in total. The number of ether oxygens (including phenoxy) is 2. The van der Waals surface area contributed by atoms with Crippen LogP contribution in [-0.4, -0.2) is 29.4 Å². The molecule has 1 fully saturated rings. The molecule has 0 amide bonds. The van der Waals surface area contributed by atoms with Gasteiger partial charge in [0.15, 0.2) is 0 Å². The van der Waals surface area contributed by atoms with Gasteiger partial charge in [0.25, 0.3) is 0 Å². The summed E-state index contributed by atoms with van der Waals surface area (Å²) in [6, 6.07) is 23.3. The Labute approximate surface area is 208 Å². The number of aliphatic hydroxyl groups is 1. The van der Waals surface area contributed by atoms with Gasteiger partial charge in [-0.15, -0.1) is 0 Å². The van der Waals surface area contributed by atoms with Gasteiger partial charge in [-0.25, -0.2) is 0 Å². The van der Waals surface area contributed by atoms with Crippen LogP contribution < -0.4 is 4.74 Å². The van der Waals surface area contributed by atoms with Crippen LogP contribution in [0, 0.1) is 17.8 Å². The van der Waals surface area contributed by atoms with Crippen LogP contribution in [0.25, 0.3) is 0 Å². The van der Waals surface area contributed by atoms with E-state index >= 15 is 0 Å². The highest BCUT2D eigenvalue weighted by Gasteiger charge is 2.51. The first-order valence-electron chi connectivity index (χ1n) is 12.5. The molecular formula is C31H33NO3. The van der Waals surface area contributed by atoms with Crippen molar-refractivity contribution < 1.29 is 14.6 Å². The van der Waals surface area contributed by atoms with Crippen molar-refractivity contribution in [3.63, 3.8) is 0 Å². The van der Waals surface area contributed by atoms with Crippen molar-refractivity contribution in [2.24, 2.45) is 5.92 Å². The summed E-state index contributed by atoms with van der Waals surface area (Å²) >= 11 is 0. The van der Waals surface area contributed by atoms with Crippen molar-refractivity contribution in [3.05, 3.63) is 95.3 Å². The fraction of sp³-hybridized carbons (Fsp3) is 0.387. The summed E-state index contributed by atoms with van der Waals surface area (Å²) in [5.41, 5.74) is 4.10. The van der Waals surface area contributed by atoms with Gasteiger partial charge in [0.05, 0.1) is 5.69 Å². The molecule has 2 aliphatic rings.